The molecule has 0 aliphatic heterocycles. The van der Waals surface area contributed by atoms with Gasteiger partial charge in [-0.3, -0.25) is 4.79 Å². The van der Waals surface area contributed by atoms with E-state index in [0.717, 1.165) is 6.42 Å². The highest BCUT2D eigenvalue weighted by Gasteiger charge is 2.27. The molecule has 0 radical (unpaired) electrons. The molecule has 0 saturated heterocycles. The maximum absolute atomic E-state index is 12.4. The second-order valence-electron chi connectivity index (χ2n) is 4.83. The molecule has 18 heavy (non-hydrogen) atoms. The molecule has 1 N–H and O–H groups in total. The van der Waals surface area contributed by atoms with Crippen molar-refractivity contribution in [2.24, 2.45) is 0 Å². The average Bonchev–Trinajstić information content (AvgIpc) is 2.37. The minimum absolute atomic E-state index is 0.0919. The van der Waals surface area contributed by atoms with Crippen LogP contribution < -0.4 is 5.32 Å². The van der Waals surface area contributed by atoms with E-state index in [4.69, 9.17) is 11.6 Å². The molecule has 0 fully saturated rings. The van der Waals surface area contributed by atoms with E-state index in [0.29, 0.717) is 16.4 Å². The standard InChI is InChI=1S/C13H20ClN3O/c1-6-13(2,3)17(5)12(18)9-7-11(15-4)16-8-10(9)14/h7-8H,6H2,1-5H3,(H,15,16). The normalized spacial score (nSPS) is 11.2. The molecule has 4 nitrogen and oxygen atoms in total. The number of hydrogen-bond donors (Lipinski definition) is 1. The Morgan fingerprint density at radius 1 is 1.56 bits per heavy atom. The third-order valence-electron chi connectivity index (χ3n) is 3.42. The van der Waals surface area contributed by atoms with Gasteiger partial charge in [-0.15, -0.1) is 0 Å². The minimum atomic E-state index is -0.205. The zero-order valence-electron chi connectivity index (χ0n) is 11.5. The van der Waals surface area contributed by atoms with E-state index in [9.17, 15) is 4.79 Å². The summed E-state index contributed by atoms with van der Waals surface area (Å²) < 4.78 is 0. The van der Waals surface area contributed by atoms with E-state index >= 15 is 0 Å². The first-order valence-electron chi connectivity index (χ1n) is 5.95. The Kier molecular flexibility index (Phi) is 4.57. The van der Waals surface area contributed by atoms with Crippen molar-refractivity contribution in [3.63, 3.8) is 0 Å². The van der Waals surface area contributed by atoms with Gasteiger partial charge >= 0.3 is 0 Å². The Balaban J connectivity index is 3.11. The number of carbonyl (C=O) groups is 1. The molecule has 100 valence electrons. The Labute approximate surface area is 113 Å². The maximum atomic E-state index is 12.4. The third kappa shape index (κ3) is 2.93. The van der Waals surface area contributed by atoms with Gasteiger partial charge in [-0.2, -0.15) is 0 Å². The van der Waals surface area contributed by atoms with E-state index in [1.165, 1.54) is 6.20 Å². The van der Waals surface area contributed by atoms with E-state index in [-0.39, 0.29) is 11.4 Å². The number of halogens is 1. The van der Waals surface area contributed by atoms with Crippen LogP contribution in [-0.4, -0.2) is 35.4 Å². The third-order valence-corrected chi connectivity index (χ3v) is 3.72. The molecule has 1 rings (SSSR count). The van der Waals surface area contributed by atoms with Gasteiger partial charge in [-0.05, 0) is 26.3 Å². The van der Waals surface area contributed by atoms with Gasteiger partial charge in [-0.25, -0.2) is 4.98 Å². The second kappa shape index (κ2) is 5.57. The fourth-order valence-corrected chi connectivity index (χ4v) is 1.62. The molecule has 0 bridgehead atoms. The summed E-state index contributed by atoms with van der Waals surface area (Å²) in [7, 11) is 3.55. The highest BCUT2D eigenvalue weighted by Crippen LogP contribution is 2.24. The molecule has 0 saturated carbocycles. The van der Waals surface area contributed by atoms with Crippen LogP contribution in [0.2, 0.25) is 5.02 Å². The molecule has 0 spiro atoms. The highest BCUT2D eigenvalue weighted by molar-refractivity contribution is 6.33. The zero-order valence-corrected chi connectivity index (χ0v) is 12.3. The second-order valence-corrected chi connectivity index (χ2v) is 5.24. The lowest BCUT2D eigenvalue weighted by Crippen LogP contribution is -2.44. The molecule has 0 aromatic carbocycles. The van der Waals surface area contributed by atoms with Crippen molar-refractivity contribution in [1.82, 2.24) is 9.88 Å². The Hall–Kier alpha value is -1.29. The Morgan fingerprint density at radius 2 is 2.17 bits per heavy atom. The predicted molar refractivity (Wildman–Crippen MR) is 75.3 cm³/mol. The summed E-state index contributed by atoms with van der Waals surface area (Å²) in [5.74, 6) is 0.538. The lowest BCUT2D eigenvalue weighted by molar-refractivity contribution is 0.0620. The fourth-order valence-electron chi connectivity index (χ4n) is 1.43. The van der Waals surface area contributed by atoms with Crippen molar-refractivity contribution < 1.29 is 4.79 Å². The average molecular weight is 270 g/mol. The van der Waals surface area contributed by atoms with Crippen molar-refractivity contribution in [2.45, 2.75) is 32.7 Å². The van der Waals surface area contributed by atoms with Crippen LogP contribution in [0.25, 0.3) is 0 Å². The number of anilines is 1. The van der Waals surface area contributed by atoms with Gasteiger partial charge in [0.2, 0.25) is 0 Å². The lowest BCUT2D eigenvalue weighted by atomic mass is 9.99. The molecule has 5 heteroatoms. The van der Waals surface area contributed by atoms with E-state index in [2.05, 4.69) is 17.2 Å². The topological polar surface area (TPSA) is 45.2 Å². The molecule has 0 aliphatic carbocycles. The number of aromatic nitrogens is 1. The van der Waals surface area contributed by atoms with Crippen LogP contribution in [0.4, 0.5) is 5.82 Å². The molecular formula is C13H20ClN3O. The fraction of sp³-hybridized carbons (Fsp3) is 0.538. The Morgan fingerprint density at radius 3 is 2.67 bits per heavy atom. The van der Waals surface area contributed by atoms with E-state index in [1.54, 1.807) is 25.1 Å². The van der Waals surface area contributed by atoms with Gasteiger partial charge in [0.1, 0.15) is 5.82 Å². The molecule has 1 aromatic heterocycles. The first-order valence-corrected chi connectivity index (χ1v) is 6.32. The van der Waals surface area contributed by atoms with Gasteiger partial charge in [0.05, 0.1) is 10.6 Å². The quantitative estimate of drug-likeness (QED) is 0.914. The zero-order chi connectivity index (χ0) is 13.9. The van der Waals surface area contributed by atoms with Gasteiger partial charge in [-0.1, -0.05) is 18.5 Å². The van der Waals surface area contributed by atoms with Crippen molar-refractivity contribution in [1.29, 1.82) is 0 Å². The summed E-state index contributed by atoms with van der Waals surface area (Å²) in [6.45, 7) is 6.11. The largest absolute Gasteiger partial charge is 0.373 e. The summed E-state index contributed by atoms with van der Waals surface area (Å²) in [5, 5.41) is 3.27. The first kappa shape index (κ1) is 14.8. The summed E-state index contributed by atoms with van der Waals surface area (Å²) in [6.07, 6.45) is 2.37. The van der Waals surface area contributed by atoms with Crippen LogP contribution in [0.15, 0.2) is 12.3 Å². The van der Waals surface area contributed by atoms with Crippen LogP contribution >= 0.6 is 11.6 Å². The molecule has 0 aliphatic rings. The first-order chi connectivity index (χ1) is 8.33. The van der Waals surface area contributed by atoms with Gasteiger partial charge < -0.3 is 10.2 Å². The molecule has 1 heterocycles. The number of hydrogen-bond acceptors (Lipinski definition) is 3. The van der Waals surface area contributed by atoms with Crippen molar-refractivity contribution in [3.8, 4) is 0 Å². The smallest absolute Gasteiger partial charge is 0.255 e. The highest BCUT2D eigenvalue weighted by atomic mass is 35.5. The number of amides is 1. The van der Waals surface area contributed by atoms with E-state index in [1.807, 2.05) is 13.8 Å². The molecular weight excluding hydrogens is 250 g/mol. The monoisotopic (exact) mass is 269 g/mol. The molecule has 1 amide bonds. The predicted octanol–water partition coefficient (Wildman–Crippen LogP) is 3.04. The van der Waals surface area contributed by atoms with Crippen molar-refractivity contribution in [2.75, 3.05) is 19.4 Å². The summed E-state index contributed by atoms with van der Waals surface area (Å²) in [5.41, 5.74) is 0.267. The van der Waals surface area contributed by atoms with Crippen molar-refractivity contribution >= 4 is 23.3 Å². The summed E-state index contributed by atoms with van der Waals surface area (Å²) >= 11 is 6.05. The molecule has 1 aromatic rings. The molecule has 0 atom stereocenters. The van der Waals surface area contributed by atoms with Crippen molar-refractivity contribution in [3.05, 3.63) is 22.8 Å². The van der Waals surface area contributed by atoms with Crippen LogP contribution in [0.5, 0.6) is 0 Å². The van der Waals surface area contributed by atoms with Crippen LogP contribution in [0.1, 0.15) is 37.6 Å². The number of nitrogens with one attached hydrogen (secondary N) is 1. The Bertz CT molecular complexity index is 446. The van der Waals surface area contributed by atoms with Gasteiger partial charge in [0.15, 0.2) is 0 Å². The summed E-state index contributed by atoms with van der Waals surface area (Å²) in [6, 6.07) is 1.67. The number of pyridine rings is 1. The number of nitrogens with zero attached hydrogens (tertiary/aromatic N) is 2. The summed E-state index contributed by atoms with van der Waals surface area (Å²) in [4.78, 5) is 18.2. The SMILES string of the molecule is CCC(C)(C)N(C)C(=O)c1cc(NC)ncc1Cl. The van der Waals surface area contributed by atoms with Gasteiger partial charge in [0, 0.05) is 25.8 Å². The maximum Gasteiger partial charge on any atom is 0.255 e. The minimum Gasteiger partial charge on any atom is -0.373 e. The number of rotatable bonds is 4. The van der Waals surface area contributed by atoms with Crippen LogP contribution in [0.3, 0.4) is 0 Å². The number of carbonyl (C=O) groups excluding carboxylic acids is 1. The van der Waals surface area contributed by atoms with E-state index < -0.39 is 0 Å². The van der Waals surface area contributed by atoms with Crippen LogP contribution in [0, 0.1) is 0 Å². The van der Waals surface area contributed by atoms with Gasteiger partial charge in [0.25, 0.3) is 5.91 Å². The lowest BCUT2D eigenvalue weighted by Gasteiger charge is -2.35. The van der Waals surface area contributed by atoms with Crippen LogP contribution in [-0.2, 0) is 0 Å². The molecule has 0 unspecified atom stereocenters.